The van der Waals surface area contributed by atoms with Gasteiger partial charge in [-0.15, -0.1) is 11.3 Å². The van der Waals surface area contributed by atoms with Gasteiger partial charge in [-0.2, -0.15) is 0 Å². The first kappa shape index (κ1) is 15.9. The van der Waals surface area contributed by atoms with Gasteiger partial charge in [-0.25, -0.2) is 4.98 Å². The molecule has 0 amide bonds. The van der Waals surface area contributed by atoms with Gasteiger partial charge in [0.05, 0.1) is 15.2 Å². The van der Waals surface area contributed by atoms with Gasteiger partial charge >= 0.3 is 0 Å². The fraction of sp³-hybridized carbons (Fsp3) is 0.250. The quantitative estimate of drug-likeness (QED) is 0.544. The van der Waals surface area contributed by atoms with Crippen molar-refractivity contribution in [3.05, 3.63) is 70.2 Å². The van der Waals surface area contributed by atoms with Crippen LogP contribution in [0.4, 0.5) is 0 Å². The molecule has 0 radical (unpaired) electrons. The molecule has 0 unspecified atom stereocenters. The minimum absolute atomic E-state index is 0.580. The van der Waals surface area contributed by atoms with Gasteiger partial charge in [0.1, 0.15) is 0 Å². The van der Waals surface area contributed by atoms with Crippen LogP contribution in [0.3, 0.4) is 0 Å². The zero-order valence-corrected chi connectivity index (χ0v) is 15.8. The number of hydrogen-bond donors (Lipinski definition) is 0. The third-order valence-corrected chi connectivity index (χ3v) is 6.44. The number of piperidine rings is 1. The number of halogens is 1. The molecule has 1 saturated heterocycles. The fourth-order valence-electron chi connectivity index (χ4n) is 3.29. The minimum Gasteiger partial charge on any atom is -0.371 e. The van der Waals surface area contributed by atoms with E-state index in [0.717, 1.165) is 41.6 Å². The molecule has 0 aliphatic carbocycles. The van der Waals surface area contributed by atoms with E-state index in [9.17, 15) is 0 Å². The molecule has 122 valence electrons. The highest BCUT2D eigenvalue weighted by Crippen LogP contribution is 2.35. The highest BCUT2D eigenvalue weighted by Gasteiger charge is 2.24. The van der Waals surface area contributed by atoms with Gasteiger partial charge < -0.3 is 4.90 Å². The molecule has 1 fully saturated rings. The zero-order chi connectivity index (χ0) is 16.5. The summed E-state index contributed by atoms with van der Waals surface area (Å²) in [6, 6.07) is 16.9. The Labute approximate surface area is 155 Å². The van der Waals surface area contributed by atoms with Crippen LogP contribution in [-0.2, 0) is 0 Å². The van der Waals surface area contributed by atoms with E-state index < -0.39 is 0 Å². The molecule has 0 bridgehead atoms. The third-order valence-electron chi connectivity index (χ3n) is 4.71. The molecule has 1 aliphatic heterocycles. The summed E-state index contributed by atoms with van der Waals surface area (Å²) in [6.07, 6.45) is 2.30. The molecule has 0 spiro atoms. The summed E-state index contributed by atoms with van der Waals surface area (Å²) in [7, 11) is 0. The second kappa shape index (κ2) is 6.69. The predicted molar refractivity (Wildman–Crippen MR) is 106 cm³/mol. The highest BCUT2D eigenvalue weighted by atomic mass is 79.9. The van der Waals surface area contributed by atoms with Gasteiger partial charge in [0.15, 0.2) is 0 Å². The van der Waals surface area contributed by atoms with Crippen molar-refractivity contribution in [1.82, 2.24) is 9.88 Å². The Morgan fingerprint density at radius 3 is 2.50 bits per heavy atom. The summed E-state index contributed by atoms with van der Waals surface area (Å²) >= 11 is 5.34. The summed E-state index contributed by atoms with van der Waals surface area (Å²) in [4.78, 5) is 7.26. The summed E-state index contributed by atoms with van der Waals surface area (Å²) in [5, 5.41) is 1.30. The number of rotatable bonds is 3. The number of nitrogens with zero attached hydrogens (tertiary/aromatic N) is 2. The molecule has 24 heavy (non-hydrogen) atoms. The molecule has 2 nitrogen and oxygen atoms in total. The Bertz CT molecular complexity index is 828. The number of thiazole rings is 1. The van der Waals surface area contributed by atoms with Crippen LogP contribution < -0.4 is 0 Å². The number of hydrogen-bond acceptors (Lipinski definition) is 3. The van der Waals surface area contributed by atoms with Crippen LogP contribution >= 0.6 is 27.3 Å². The maximum atomic E-state index is 4.85. The fourth-order valence-corrected chi connectivity index (χ4v) is 4.69. The first-order valence-corrected chi connectivity index (χ1v) is 9.87. The van der Waals surface area contributed by atoms with Gasteiger partial charge in [0, 0.05) is 29.2 Å². The smallest absolute Gasteiger partial charge is 0.0970 e. The largest absolute Gasteiger partial charge is 0.371 e. The highest BCUT2D eigenvalue weighted by molar-refractivity contribution is 9.10. The van der Waals surface area contributed by atoms with Crippen molar-refractivity contribution in [2.75, 3.05) is 13.1 Å². The standard InChI is InChI=1S/C20H19BrN2S/c1-14(15-6-8-17(21)9-7-15)23-12-10-16(11-13-23)20-22-18-4-2-3-5-19(18)24-20/h2-9,16H,1,10-13H2. The summed E-state index contributed by atoms with van der Waals surface area (Å²) < 4.78 is 2.41. The molecule has 4 rings (SSSR count). The maximum Gasteiger partial charge on any atom is 0.0970 e. The van der Waals surface area contributed by atoms with Crippen molar-refractivity contribution in [3.63, 3.8) is 0 Å². The molecule has 2 aromatic carbocycles. The van der Waals surface area contributed by atoms with Crippen molar-refractivity contribution in [3.8, 4) is 0 Å². The monoisotopic (exact) mass is 398 g/mol. The average molecular weight is 399 g/mol. The van der Waals surface area contributed by atoms with Crippen LogP contribution in [0.25, 0.3) is 15.9 Å². The molecule has 1 aromatic heterocycles. The molecule has 0 N–H and O–H groups in total. The second-order valence-electron chi connectivity index (χ2n) is 6.23. The maximum absolute atomic E-state index is 4.85. The van der Waals surface area contributed by atoms with E-state index in [4.69, 9.17) is 4.98 Å². The Kier molecular flexibility index (Phi) is 4.42. The first-order valence-electron chi connectivity index (χ1n) is 8.26. The van der Waals surface area contributed by atoms with E-state index in [1.807, 2.05) is 11.3 Å². The van der Waals surface area contributed by atoms with Crippen molar-refractivity contribution in [1.29, 1.82) is 0 Å². The summed E-state index contributed by atoms with van der Waals surface area (Å²) in [5.74, 6) is 0.580. The Morgan fingerprint density at radius 1 is 1.08 bits per heavy atom. The molecule has 0 saturated carbocycles. The van der Waals surface area contributed by atoms with Gasteiger partial charge in [-0.3, -0.25) is 0 Å². The van der Waals surface area contributed by atoms with Crippen molar-refractivity contribution < 1.29 is 0 Å². The number of fused-ring (bicyclic) bond motifs is 1. The number of para-hydroxylation sites is 1. The first-order chi connectivity index (χ1) is 11.7. The number of aromatic nitrogens is 1. The lowest BCUT2D eigenvalue weighted by molar-refractivity contribution is 0.299. The van der Waals surface area contributed by atoms with Crippen LogP contribution in [-0.4, -0.2) is 23.0 Å². The topological polar surface area (TPSA) is 16.1 Å². The second-order valence-corrected chi connectivity index (χ2v) is 8.21. The van der Waals surface area contributed by atoms with Gasteiger partial charge in [-0.1, -0.05) is 46.8 Å². The molecule has 3 aromatic rings. The van der Waals surface area contributed by atoms with E-state index in [-0.39, 0.29) is 0 Å². The SMILES string of the molecule is C=C(c1ccc(Br)cc1)N1CCC(c2nc3ccccc3s2)CC1. The van der Waals surface area contributed by atoms with Crippen molar-refractivity contribution >= 4 is 43.2 Å². The Balaban J connectivity index is 1.44. The normalized spacial score (nSPS) is 15.8. The summed E-state index contributed by atoms with van der Waals surface area (Å²) in [5.41, 5.74) is 3.47. The Hall–Kier alpha value is -1.65. The molecule has 2 heterocycles. The van der Waals surface area contributed by atoms with E-state index >= 15 is 0 Å². The molecular formula is C20H19BrN2S. The zero-order valence-electron chi connectivity index (χ0n) is 13.4. The minimum atomic E-state index is 0.580. The third kappa shape index (κ3) is 3.13. The lowest BCUT2D eigenvalue weighted by Gasteiger charge is -2.34. The lowest BCUT2D eigenvalue weighted by Crippen LogP contribution is -2.31. The summed E-state index contributed by atoms with van der Waals surface area (Å²) in [6.45, 7) is 6.41. The Morgan fingerprint density at radius 2 is 1.79 bits per heavy atom. The van der Waals surface area contributed by atoms with Gasteiger partial charge in [0.2, 0.25) is 0 Å². The lowest BCUT2D eigenvalue weighted by atomic mass is 9.96. The molecule has 0 atom stereocenters. The predicted octanol–water partition coefficient (Wildman–Crippen LogP) is 5.91. The van der Waals surface area contributed by atoms with Crippen molar-refractivity contribution in [2.45, 2.75) is 18.8 Å². The van der Waals surface area contributed by atoms with E-state index in [0.29, 0.717) is 5.92 Å². The number of likely N-dealkylation sites (tertiary alicyclic amines) is 1. The van der Waals surface area contributed by atoms with E-state index in [1.54, 1.807) is 0 Å². The van der Waals surface area contributed by atoms with Crippen LogP contribution in [0.2, 0.25) is 0 Å². The van der Waals surface area contributed by atoms with Crippen LogP contribution in [0.1, 0.15) is 29.3 Å². The molecule has 1 aliphatic rings. The van der Waals surface area contributed by atoms with Crippen LogP contribution in [0.15, 0.2) is 59.6 Å². The number of benzene rings is 2. The van der Waals surface area contributed by atoms with E-state index in [2.05, 4.69) is 75.9 Å². The molecule has 4 heteroatoms. The van der Waals surface area contributed by atoms with Crippen LogP contribution in [0.5, 0.6) is 0 Å². The van der Waals surface area contributed by atoms with Crippen molar-refractivity contribution in [2.24, 2.45) is 0 Å². The molecular weight excluding hydrogens is 380 g/mol. The average Bonchev–Trinajstić information content (AvgIpc) is 3.06. The van der Waals surface area contributed by atoms with Gasteiger partial charge in [0.25, 0.3) is 0 Å². The van der Waals surface area contributed by atoms with E-state index in [1.165, 1.54) is 15.3 Å². The van der Waals surface area contributed by atoms with Crippen LogP contribution in [0, 0.1) is 0 Å². The van der Waals surface area contributed by atoms with Gasteiger partial charge in [-0.05, 0) is 42.7 Å².